The lowest BCUT2D eigenvalue weighted by Crippen LogP contribution is -2.06. The van der Waals surface area contributed by atoms with E-state index in [1.165, 1.54) is 18.2 Å². The molecule has 3 N–H and O–H groups in total. The van der Waals surface area contributed by atoms with Crippen LogP contribution >= 0.6 is 0 Å². The Balaban J connectivity index is 2.25. The van der Waals surface area contributed by atoms with Crippen LogP contribution in [0.25, 0.3) is 0 Å². The van der Waals surface area contributed by atoms with Crippen LogP contribution in [0.15, 0.2) is 36.4 Å². The first-order chi connectivity index (χ1) is 10.0. The number of benzene rings is 2. The molecule has 0 amide bonds. The Labute approximate surface area is 122 Å². The van der Waals surface area contributed by atoms with Crippen LogP contribution in [0.1, 0.15) is 22.8 Å². The molecule has 2 aromatic carbocycles. The Morgan fingerprint density at radius 1 is 1.24 bits per heavy atom. The molecular formula is C16H17FN2O2. The normalized spacial score (nSPS) is 10.2. The van der Waals surface area contributed by atoms with Gasteiger partial charge in [0.25, 0.3) is 0 Å². The van der Waals surface area contributed by atoms with Crippen molar-refractivity contribution >= 4 is 23.0 Å². The zero-order chi connectivity index (χ0) is 15.4. The molecule has 0 aliphatic carbocycles. The van der Waals surface area contributed by atoms with E-state index in [4.69, 9.17) is 10.5 Å². The summed E-state index contributed by atoms with van der Waals surface area (Å²) >= 11 is 0. The summed E-state index contributed by atoms with van der Waals surface area (Å²) in [5.41, 5.74) is 8.84. The highest BCUT2D eigenvalue weighted by Crippen LogP contribution is 2.27. The van der Waals surface area contributed by atoms with Crippen molar-refractivity contribution in [2.75, 3.05) is 17.7 Å². The van der Waals surface area contributed by atoms with Gasteiger partial charge in [0.15, 0.2) is 0 Å². The van der Waals surface area contributed by atoms with E-state index in [1.54, 1.807) is 25.1 Å². The van der Waals surface area contributed by atoms with Crippen LogP contribution in [0.2, 0.25) is 0 Å². The third-order valence-electron chi connectivity index (χ3n) is 3.03. The topological polar surface area (TPSA) is 64.3 Å². The Hall–Kier alpha value is -2.56. The van der Waals surface area contributed by atoms with Crippen LogP contribution in [0.4, 0.5) is 21.5 Å². The molecule has 0 unspecified atom stereocenters. The number of hydrogen-bond donors (Lipinski definition) is 2. The van der Waals surface area contributed by atoms with Gasteiger partial charge in [-0.15, -0.1) is 0 Å². The van der Waals surface area contributed by atoms with E-state index >= 15 is 0 Å². The van der Waals surface area contributed by atoms with Crippen molar-refractivity contribution in [3.05, 3.63) is 53.3 Å². The van der Waals surface area contributed by atoms with Crippen LogP contribution in [0.3, 0.4) is 0 Å². The first kappa shape index (κ1) is 14.8. The van der Waals surface area contributed by atoms with Crippen LogP contribution in [0.5, 0.6) is 0 Å². The van der Waals surface area contributed by atoms with Gasteiger partial charge >= 0.3 is 5.97 Å². The summed E-state index contributed by atoms with van der Waals surface area (Å²) in [5.74, 6) is -0.748. The average Bonchev–Trinajstić information content (AvgIpc) is 2.45. The van der Waals surface area contributed by atoms with Crippen LogP contribution in [0, 0.1) is 12.7 Å². The molecule has 0 aliphatic rings. The Morgan fingerprint density at radius 2 is 2.00 bits per heavy atom. The summed E-state index contributed by atoms with van der Waals surface area (Å²) < 4.78 is 18.2. The zero-order valence-electron chi connectivity index (χ0n) is 11.9. The van der Waals surface area contributed by atoms with Gasteiger partial charge in [0, 0.05) is 5.69 Å². The number of hydrogen-bond acceptors (Lipinski definition) is 4. The van der Waals surface area contributed by atoms with Gasteiger partial charge in [0.05, 0.1) is 23.5 Å². The number of carbonyl (C=O) groups is 1. The predicted octanol–water partition coefficient (Wildman–Crippen LogP) is 3.64. The van der Waals surface area contributed by atoms with Crippen molar-refractivity contribution in [3.8, 4) is 0 Å². The first-order valence-corrected chi connectivity index (χ1v) is 6.61. The van der Waals surface area contributed by atoms with Gasteiger partial charge in [-0.05, 0) is 49.7 Å². The number of ether oxygens (including phenoxy) is 1. The largest absolute Gasteiger partial charge is 0.462 e. The fourth-order valence-electron chi connectivity index (χ4n) is 1.89. The first-order valence-electron chi connectivity index (χ1n) is 6.61. The summed E-state index contributed by atoms with van der Waals surface area (Å²) in [5, 5.41) is 3.06. The lowest BCUT2D eigenvalue weighted by molar-refractivity contribution is 0.0526. The van der Waals surface area contributed by atoms with Crippen LogP contribution in [-0.2, 0) is 4.74 Å². The quantitative estimate of drug-likeness (QED) is 0.666. The number of anilines is 3. The molecule has 2 aromatic rings. The summed E-state index contributed by atoms with van der Waals surface area (Å²) in [4.78, 5) is 11.6. The van der Waals surface area contributed by atoms with Crippen LogP contribution < -0.4 is 11.1 Å². The van der Waals surface area contributed by atoms with Crippen molar-refractivity contribution in [1.29, 1.82) is 0 Å². The molecule has 2 rings (SSSR count). The van der Waals surface area contributed by atoms with E-state index in [-0.39, 0.29) is 5.82 Å². The van der Waals surface area contributed by atoms with Crippen molar-refractivity contribution < 1.29 is 13.9 Å². The smallest absolute Gasteiger partial charge is 0.338 e. The average molecular weight is 288 g/mol. The summed E-state index contributed by atoms with van der Waals surface area (Å²) in [6.45, 7) is 3.91. The summed E-state index contributed by atoms with van der Waals surface area (Å²) in [6, 6.07) is 9.30. The number of nitrogens with two attached hydrogens (primary N) is 1. The van der Waals surface area contributed by atoms with E-state index < -0.39 is 5.97 Å². The molecule has 0 aliphatic heterocycles. The third kappa shape index (κ3) is 3.51. The molecule has 0 saturated heterocycles. The number of carbonyl (C=O) groups excluding carboxylic acids is 1. The minimum atomic E-state index is -0.419. The SMILES string of the molecule is CCOC(=O)c1ccc(Nc2cc(F)ccc2C)c(N)c1. The number of halogens is 1. The second kappa shape index (κ2) is 6.26. The molecule has 110 valence electrons. The molecule has 4 nitrogen and oxygen atoms in total. The molecular weight excluding hydrogens is 271 g/mol. The van der Waals surface area contributed by atoms with E-state index in [1.807, 2.05) is 6.92 Å². The fraction of sp³-hybridized carbons (Fsp3) is 0.188. The highest BCUT2D eigenvalue weighted by Gasteiger charge is 2.10. The Bertz CT molecular complexity index is 671. The molecule has 0 radical (unpaired) electrons. The minimum Gasteiger partial charge on any atom is -0.462 e. The lowest BCUT2D eigenvalue weighted by Gasteiger charge is -2.13. The van der Waals surface area contributed by atoms with Gasteiger partial charge in [0.2, 0.25) is 0 Å². The minimum absolute atomic E-state index is 0.307. The molecule has 0 heterocycles. The van der Waals surface area contributed by atoms with Gasteiger partial charge in [-0.2, -0.15) is 0 Å². The summed E-state index contributed by atoms with van der Waals surface area (Å²) in [7, 11) is 0. The van der Waals surface area contributed by atoms with E-state index in [0.29, 0.717) is 29.2 Å². The maximum atomic E-state index is 13.3. The van der Waals surface area contributed by atoms with Crippen molar-refractivity contribution in [2.45, 2.75) is 13.8 Å². The molecule has 0 bridgehead atoms. The number of nitrogens with one attached hydrogen (secondary N) is 1. The van der Waals surface area contributed by atoms with E-state index in [9.17, 15) is 9.18 Å². The van der Waals surface area contributed by atoms with Gasteiger partial charge in [-0.3, -0.25) is 0 Å². The van der Waals surface area contributed by atoms with E-state index in [0.717, 1.165) is 5.56 Å². The Morgan fingerprint density at radius 3 is 2.67 bits per heavy atom. The highest BCUT2D eigenvalue weighted by molar-refractivity contribution is 5.92. The van der Waals surface area contributed by atoms with Crippen LogP contribution in [-0.4, -0.2) is 12.6 Å². The van der Waals surface area contributed by atoms with Crippen molar-refractivity contribution in [2.24, 2.45) is 0 Å². The molecule has 0 aromatic heterocycles. The molecule has 0 fully saturated rings. The Kier molecular flexibility index (Phi) is 4.42. The molecule has 0 atom stereocenters. The maximum Gasteiger partial charge on any atom is 0.338 e. The van der Waals surface area contributed by atoms with Gasteiger partial charge in [0.1, 0.15) is 5.82 Å². The predicted molar refractivity (Wildman–Crippen MR) is 81.2 cm³/mol. The molecule has 21 heavy (non-hydrogen) atoms. The van der Waals surface area contributed by atoms with Gasteiger partial charge in [-0.25, -0.2) is 9.18 Å². The highest BCUT2D eigenvalue weighted by atomic mass is 19.1. The number of rotatable bonds is 4. The van der Waals surface area contributed by atoms with Gasteiger partial charge < -0.3 is 15.8 Å². The standard InChI is InChI=1S/C16H17FN2O2/c1-3-21-16(20)11-5-7-14(13(18)8-11)19-15-9-12(17)6-4-10(15)2/h4-9,19H,3,18H2,1-2H3. The third-order valence-corrected chi connectivity index (χ3v) is 3.03. The second-order valence-electron chi connectivity index (χ2n) is 4.61. The second-order valence-corrected chi connectivity index (χ2v) is 4.61. The van der Waals surface area contributed by atoms with Crippen molar-refractivity contribution in [3.63, 3.8) is 0 Å². The molecule has 5 heteroatoms. The lowest BCUT2D eigenvalue weighted by atomic mass is 10.1. The number of esters is 1. The number of nitrogen functional groups attached to an aromatic ring is 1. The zero-order valence-corrected chi connectivity index (χ0v) is 11.9. The fourth-order valence-corrected chi connectivity index (χ4v) is 1.89. The van der Waals surface area contributed by atoms with Gasteiger partial charge in [-0.1, -0.05) is 6.07 Å². The van der Waals surface area contributed by atoms with Crippen molar-refractivity contribution in [1.82, 2.24) is 0 Å². The monoisotopic (exact) mass is 288 g/mol. The molecule has 0 spiro atoms. The molecule has 0 saturated carbocycles. The van der Waals surface area contributed by atoms with E-state index in [2.05, 4.69) is 5.32 Å². The summed E-state index contributed by atoms with van der Waals surface area (Å²) in [6.07, 6.45) is 0. The number of aryl methyl sites for hydroxylation is 1. The maximum absolute atomic E-state index is 13.3.